The molecule has 0 aliphatic carbocycles. The standard InChI is InChI=1S/C26H32F3N5/c1-18(2)33-14-12-32(13-15-33)11-5-6-21-7-9-22(10-8-21)17-34-24-23(19(3)16-20(4)30-24)31-25(34)26(27,28)29/h5-10,16,18H,11-15,17H2,1-4H3/b6-5+. The topological polar surface area (TPSA) is 37.2 Å². The summed E-state index contributed by atoms with van der Waals surface area (Å²) in [6, 6.07) is 9.97. The van der Waals surface area contributed by atoms with E-state index in [-0.39, 0.29) is 12.2 Å². The first-order valence-corrected chi connectivity index (χ1v) is 11.8. The lowest BCUT2D eigenvalue weighted by atomic mass is 10.1. The number of rotatable bonds is 6. The highest BCUT2D eigenvalue weighted by molar-refractivity contribution is 5.76. The Hall–Kier alpha value is -2.71. The molecule has 0 N–H and O–H groups in total. The molecule has 3 aromatic rings. The molecular formula is C26H32F3N5. The first kappa shape index (κ1) is 24.4. The zero-order valence-electron chi connectivity index (χ0n) is 20.2. The molecule has 0 atom stereocenters. The van der Waals surface area contributed by atoms with Gasteiger partial charge in [-0.2, -0.15) is 13.2 Å². The number of hydrogen-bond acceptors (Lipinski definition) is 4. The quantitative estimate of drug-likeness (QED) is 0.498. The van der Waals surface area contributed by atoms with Gasteiger partial charge in [0.05, 0.1) is 6.54 Å². The van der Waals surface area contributed by atoms with E-state index in [2.05, 4.69) is 45.8 Å². The Morgan fingerprint density at radius 2 is 1.68 bits per heavy atom. The summed E-state index contributed by atoms with van der Waals surface area (Å²) in [5, 5.41) is 0. The summed E-state index contributed by atoms with van der Waals surface area (Å²) in [6.07, 6.45) is -0.328. The highest BCUT2D eigenvalue weighted by Gasteiger charge is 2.38. The summed E-state index contributed by atoms with van der Waals surface area (Å²) in [7, 11) is 0. The van der Waals surface area contributed by atoms with Crippen molar-refractivity contribution >= 4 is 17.2 Å². The van der Waals surface area contributed by atoms with Crippen LogP contribution in [0.4, 0.5) is 13.2 Å². The molecule has 1 aromatic carbocycles. The summed E-state index contributed by atoms with van der Waals surface area (Å²) in [5.74, 6) is -0.912. The van der Waals surface area contributed by atoms with Crippen molar-refractivity contribution in [3.8, 4) is 0 Å². The molecule has 5 nitrogen and oxygen atoms in total. The van der Waals surface area contributed by atoms with E-state index in [1.165, 1.54) is 4.57 Å². The maximum atomic E-state index is 13.7. The first-order chi connectivity index (χ1) is 16.1. The number of benzene rings is 1. The average Bonchev–Trinajstić information content (AvgIpc) is 3.14. The molecule has 182 valence electrons. The van der Waals surface area contributed by atoms with Crippen LogP contribution in [0.5, 0.6) is 0 Å². The van der Waals surface area contributed by atoms with E-state index in [1.54, 1.807) is 19.9 Å². The molecule has 1 aliphatic heterocycles. The van der Waals surface area contributed by atoms with Crippen molar-refractivity contribution < 1.29 is 13.2 Å². The van der Waals surface area contributed by atoms with Crippen LogP contribution in [-0.2, 0) is 12.7 Å². The van der Waals surface area contributed by atoms with E-state index < -0.39 is 12.0 Å². The summed E-state index contributed by atoms with van der Waals surface area (Å²) in [6.45, 7) is 13.3. The van der Waals surface area contributed by atoms with E-state index in [1.807, 2.05) is 24.3 Å². The number of alkyl halides is 3. The number of fused-ring (bicyclic) bond motifs is 1. The second kappa shape index (κ2) is 9.88. The van der Waals surface area contributed by atoms with Gasteiger partial charge < -0.3 is 4.57 Å². The van der Waals surface area contributed by atoms with Gasteiger partial charge in [0.2, 0.25) is 5.82 Å². The normalized spacial score (nSPS) is 16.4. The second-order valence-electron chi connectivity index (χ2n) is 9.35. The van der Waals surface area contributed by atoms with Gasteiger partial charge in [-0.3, -0.25) is 9.80 Å². The third kappa shape index (κ3) is 5.50. The van der Waals surface area contributed by atoms with Crippen LogP contribution in [0.15, 0.2) is 36.4 Å². The number of aromatic nitrogens is 3. The molecule has 1 fully saturated rings. The molecule has 4 rings (SSSR count). The Morgan fingerprint density at radius 1 is 1.00 bits per heavy atom. The summed E-state index contributed by atoms with van der Waals surface area (Å²) in [5.41, 5.74) is 3.73. The summed E-state index contributed by atoms with van der Waals surface area (Å²) >= 11 is 0. The number of halogens is 3. The van der Waals surface area contributed by atoms with Crippen LogP contribution < -0.4 is 0 Å². The number of imidazole rings is 1. The molecule has 1 saturated heterocycles. The van der Waals surface area contributed by atoms with E-state index in [4.69, 9.17) is 0 Å². The number of piperazine rings is 1. The molecule has 0 unspecified atom stereocenters. The minimum absolute atomic E-state index is 0.0609. The fraction of sp³-hybridized carbons (Fsp3) is 0.462. The Bertz CT molecular complexity index is 1150. The molecule has 0 amide bonds. The minimum Gasteiger partial charge on any atom is -0.301 e. The molecule has 2 aromatic heterocycles. The van der Waals surface area contributed by atoms with Crippen molar-refractivity contribution in [1.29, 1.82) is 0 Å². The maximum Gasteiger partial charge on any atom is 0.449 e. The highest BCUT2D eigenvalue weighted by Crippen LogP contribution is 2.32. The van der Waals surface area contributed by atoms with Gasteiger partial charge >= 0.3 is 6.18 Å². The monoisotopic (exact) mass is 471 g/mol. The lowest BCUT2D eigenvalue weighted by Gasteiger charge is -2.36. The number of pyridine rings is 1. The van der Waals surface area contributed by atoms with Gasteiger partial charge in [0.1, 0.15) is 5.52 Å². The average molecular weight is 472 g/mol. The molecule has 3 heterocycles. The fourth-order valence-corrected chi connectivity index (χ4v) is 4.49. The van der Waals surface area contributed by atoms with Gasteiger partial charge in [-0.05, 0) is 50.5 Å². The Kier molecular flexibility index (Phi) is 7.09. The van der Waals surface area contributed by atoms with Crippen molar-refractivity contribution in [2.75, 3.05) is 32.7 Å². The third-order valence-electron chi connectivity index (χ3n) is 6.41. The fourth-order valence-electron chi connectivity index (χ4n) is 4.49. The predicted octanol–water partition coefficient (Wildman–Crippen LogP) is 5.15. The molecule has 0 spiro atoms. The van der Waals surface area contributed by atoms with Crippen LogP contribution in [0, 0.1) is 13.8 Å². The first-order valence-electron chi connectivity index (χ1n) is 11.8. The molecule has 34 heavy (non-hydrogen) atoms. The van der Waals surface area contributed by atoms with Crippen LogP contribution in [0.2, 0.25) is 0 Å². The van der Waals surface area contributed by atoms with Crippen LogP contribution in [0.3, 0.4) is 0 Å². The zero-order chi connectivity index (χ0) is 24.5. The summed E-state index contributed by atoms with van der Waals surface area (Å²) in [4.78, 5) is 13.2. The van der Waals surface area contributed by atoms with Crippen molar-refractivity contribution in [3.63, 3.8) is 0 Å². The maximum absolute atomic E-state index is 13.7. The van der Waals surface area contributed by atoms with Crippen LogP contribution in [-0.4, -0.2) is 63.1 Å². The van der Waals surface area contributed by atoms with E-state index >= 15 is 0 Å². The Balaban J connectivity index is 1.45. The molecule has 8 heteroatoms. The number of aryl methyl sites for hydroxylation is 2. The lowest BCUT2D eigenvalue weighted by Crippen LogP contribution is -2.48. The molecular weight excluding hydrogens is 439 g/mol. The SMILES string of the molecule is Cc1cc(C)c2nc(C(F)(F)F)n(Cc3ccc(/C=C/CN4CCN(C(C)C)CC4)cc3)c2n1. The Labute approximate surface area is 198 Å². The molecule has 0 saturated carbocycles. The number of nitrogens with zero attached hydrogens (tertiary/aromatic N) is 5. The van der Waals surface area contributed by atoms with Gasteiger partial charge in [-0.25, -0.2) is 9.97 Å². The number of hydrogen-bond donors (Lipinski definition) is 0. The summed E-state index contributed by atoms with van der Waals surface area (Å²) < 4.78 is 42.3. The largest absolute Gasteiger partial charge is 0.449 e. The third-order valence-corrected chi connectivity index (χ3v) is 6.41. The van der Waals surface area contributed by atoms with Crippen LogP contribution in [0.25, 0.3) is 17.2 Å². The van der Waals surface area contributed by atoms with Crippen molar-refractivity contribution in [2.45, 2.75) is 46.5 Å². The van der Waals surface area contributed by atoms with E-state index in [9.17, 15) is 13.2 Å². The van der Waals surface area contributed by atoms with Crippen molar-refractivity contribution in [3.05, 3.63) is 64.6 Å². The van der Waals surface area contributed by atoms with Gasteiger partial charge in [-0.15, -0.1) is 0 Å². The lowest BCUT2D eigenvalue weighted by molar-refractivity contribution is -0.146. The van der Waals surface area contributed by atoms with Gasteiger partial charge in [-0.1, -0.05) is 36.4 Å². The molecule has 0 bridgehead atoms. The van der Waals surface area contributed by atoms with Crippen LogP contribution in [0.1, 0.15) is 42.1 Å². The van der Waals surface area contributed by atoms with E-state index in [0.717, 1.165) is 43.9 Å². The predicted molar refractivity (Wildman–Crippen MR) is 130 cm³/mol. The van der Waals surface area contributed by atoms with Gasteiger partial charge in [0.15, 0.2) is 5.65 Å². The van der Waals surface area contributed by atoms with Crippen LogP contribution >= 0.6 is 0 Å². The van der Waals surface area contributed by atoms with E-state index in [0.29, 0.717) is 22.8 Å². The van der Waals surface area contributed by atoms with Crippen molar-refractivity contribution in [1.82, 2.24) is 24.3 Å². The van der Waals surface area contributed by atoms with Crippen molar-refractivity contribution in [2.24, 2.45) is 0 Å². The van der Waals surface area contributed by atoms with Gasteiger partial charge in [0, 0.05) is 44.5 Å². The second-order valence-corrected chi connectivity index (χ2v) is 9.35. The van der Waals surface area contributed by atoms with Gasteiger partial charge in [0.25, 0.3) is 0 Å². The Morgan fingerprint density at radius 3 is 2.29 bits per heavy atom. The zero-order valence-corrected chi connectivity index (χ0v) is 20.2. The molecule has 0 radical (unpaired) electrons. The minimum atomic E-state index is -4.55. The highest BCUT2D eigenvalue weighted by atomic mass is 19.4. The molecule has 1 aliphatic rings. The smallest absolute Gasteiger partial charge is 0.301 e.